The molecule has 0 radical (unpaired) electrons. The zero-order valence-electron chi connectivity index (χ0n) is 17.2. The summed E-state index contributed by atoms with van der Waals surface area (Å²) >= 11 is 1.03. The van der Waals surface area contributed by atoms with Crippen LogP contribution in [0.4, 0.5) is 14.9 Å². The molecule has 1 aliphatic carbocycles. The van der Waals surface area contributed by atoms with E-state index in [1.165, 1.54) is 17.0 Å². The summed E-state index contributed by atoms with van der Waals surface area (Å²) in [6.45, 7) is 5.69. The van der Waals surface area contributed by atoms with E-state index in [1.54, 1.807) is 18.2 Å². The molecule has 1 saturated carbocycles. The summed E-state index contributed by atoms with van der Waals surface area (Å²) in [5.74, 6) is -0.885. The Morgan fingerprint density at radius 1 is 1.27 bits per heavy atom. The lowest BCUT2D eigenvalue weighted by atomic mass is 9.80. The van der Waals surface area contributed by atoms with Crippen LogP contribution in [-0.4, -0.2) is 34.4 Å². The number of benzene rings is 1. The Labute approximate surface area is 178 Å². The third-order valence-electron chi connectivity index (χ3n) is 5.38. The Morgan fingerprint density at radius 2 is 2.00 bits per heavy atom. The number of rotatable bonds is 5. The Bertz CT molecular complexity index is 928. The molecule has 30 heavy (non-hydrogen) atoms. The van der Waals surface area contributed by atoms with Crippen molar-refractivity contribution in [3.63, 3.8) is 0 Å². The first kappa shape index (κ1) is 22.2. The second-order valence-electron chi connectivity index (χ2n) is 8.06. The minimum absolute atomic E-state index is 0.0440. The van der Waals surface area contributed by atoms with Crippen molar-refractivity contribution in [2.24, 2.45) is 11.8 Å². The molecule has 1 fully saturated rings. The van der Waals surface area contributed by atoms with Crippen LogP contribution in [0.15, 0.2) is 30.3 Å². The van der Waals surface area contributed by atoms with Crippen molar-refractivity contribution in [1.29, 1.82) is 0 Å². The van der Waals surface area contributed by atoms with Crippen molar-refractivity contribution in [3.8, 4) is 15.5 Å². The maximum atomic E-state index is 13.7. The highest BCUT2D eigenvalue weighted by molar-refractivity contribution is 7.18. The highest BCUT2D eigenvalue weighted by Crippen LogP contribution is 2.45. The van der Waals surface area contributed by atoms with Gasteiger partial charge in [-0.15, -0.1) is 0 Å². The summed E-state index contributed by atoms with van der Waals surface area (Å²) in [6, 6.07) is 7.28. The first-order valence-electron chi connectivity index (χ1n) is 9.99. The molecule has 0 aliphatic heterocycles. The molecule has 0 bridgehead atoms. The molecule has 1 amide bonds. The molecule has 2 N–H and O–H groups in total. The molecule has 0 spiro atoms. The van der Waals surface area contributed by atoms with Crippen LogP contribution in [0.25, 0.3) is 10.4 Å². The number of carboxylic acid groups (broad SMARTS) is 1. The van der Waals surface area contributed by atoms with Gasteiger partial charge >= 0.3 is 6.16 Å². The Balaban J connectivity index is 2.02. The lowest BCUT2D eigenvalue weighted by Crippen LogP contribution is -2.46. The summed E-state index contributed by atoms with van der Waals surface area (Å²) in [4.78, 5) is 26.7. The maximum Gasteiger partial charge on any atom is 0.512 e. The van der Waals surface area contributed by atoms with Crippen LogP contribution in [0.1, 0.15) is 40.0 Å². The maximum absolute atomic E-state index is 13.7. The fourth-order valence-corrected chi connectivity index (χ4v) is 4.93. The number of anilines is 1. The van der Waals surface area contributed by atoms with Crippen molar-refractivity contribution in [2.75, 3.05) is 4.90 Å². The first-order chi connectivity index (χ1) is 14.2. The lowest BCUT2D eigenvalue weighted by molar-refractivity contribution is -0.128. The molecular formula is C22H26FNO5S. The van der Waals surface area contributed by atoms with Crippen LogP contribution >= 0.6 is 11.3 Å². The van der Waals surface area contributed by atoms with Crippen molar-refractivity contribution in [3.05, 3.63) is 36.1 Å². The quantitative estimate of drug-likeness (QED) is 0.634. The van der Waals surface area contributed by atoms with E-state index in [0.717, 1.165) is 17.8 Å². The van der Waals surface area contributed by atoms with Crippen LogP contribution in [0.3, 0.4) is 0 Å². The predicted octanol–water partition coefficient (Wildman–Crippen LogP) is 5.15. The number of thiophene rings is 1. The van der Waals surface area contributed by atoms with Crippen LogP contribution in [-0.2, 0) is 4.79 Å². The van der Waals surface area contributed by atoms with Crippen LogP contribution in [0, 0.1) is 17.7 Å². The number of hydrogen-bond donors (Lipinski definition) is 2. The molecule has 1 heterocycles. The number of halogens is 1. The number of hydrogen-bond acceptors (Lipinski definition) is 5. The van der Waals surface area contributed by atoms with Crippen LogP contribution < -0.4 is 9.64 Å². The van der Waals surface area contributed by atoms with Gasteiger partial charge in [-0.1, -0.05) is 30.4 Å². The molecule has 1 aromatic heterocycles. The van der Waals surface area contributed by atoms with Crippen LogP contribution in [0.2, 0.25) is 0 Å². The normalized spacial score (nSPS) is 21.5. The van der Waals surface area contributed by atoms with Gasteiger partial charge in [-0.2, -0.15) is 0 Å². The molecule has 8 heteroatoms. The highest BCUT2D eigenvalue weighted by Gasteiger charge is 2.37. The van der Waals surface area contributed by atoms with Gasteiger partial charge in [-0.3, -0.25) is 4.79 Å². The van der Waals surface area contributed by atoms with Gasteiger partial charge in [0.05, 0.1) is 17.7 Å². The Hall–Kier alpha value is -2.45. The minimum atomic E-state index is -1.49. The van der Waals surface area contributed by atoms with E-state index >= 15 is 0 Å². The van der Waals surface area contributed by atoms with Gasteiger partial charge in [0.25, 0.3) is 0 Å². The molecule has 1 aliphatic rings. The monoisotopic (exact) mass is 435 g/mol. The topological polar surface area (TPSA) is 87.1 Å². The Kier molecular flexibility index (Phi) is 6.77. The zero-order valence-corrected chi connectivity index (χ0v) is 18.0. The van der Waals surface area contributed by atoms with Crippen molar-refractivity contribution in [2.45, 2.75) is 52.2 Å². The largest absolute Gasteiger partial charge is 0.512 e. The third-order valence-corrected chi connectivity index (χ3v) is 6.43. The Morgan fingerprint density at radius 3 is 2.60 bits per heavy atom. The summed E-state index contributed by atoms with van der Waals surface area (Å²) < 4.78 is 18.7. The van der Waals surface area contributed by atoms with Crippen molar-refractivity contribution >= 4 is 29.1 Å². The molecular weight excluding hydrogens is 409 g/mol. The number of ether oxygens (including phenoxy) is 1. The lowest BCUT2D eigenvalue weighted by Gasteiger charge is -2.36. The summed E-state index contributed by atoms with van der Waals surface area (Å²) in [5.41, 5.74) is 0.872. The second kappa shape index (κ2) is 9.14. The molecule has 0 saturated heterocycles. The van der Waals surface area contributed by atoms with E-state index in [-0.39, 0.29) is 17.0 Å². The number of aliphatic hydroxyl groups excluding tert-OH is 1. The van der Waals surface area contributed by atoms with Gasteiger partial charge in [-0.05, 0) is 62.8 Å². The van der Waals surface area contributed by atoms with E-state index in [0.29, 0.717) is 34.9 Å². The first-order valence-corrected chi connectivity index (χ1v) is 10.8. The van der Waals surface area contributed by atoms with E-state index < -0.39 is 24.0 Å². The molecule has 3 rings (SSSR count). The fourth-order valence-electron chi connectivity index (χ4n) is 3.94. The molecule has 2 aromatic rings. The van der Waals surface area contributed by atoms with E-state index in [2.05, 4.69) is 0 Å². The van der Waals surface area contributed by atoms with Crippen LogP contribution in [0.5, 0.6) is 5.06 Å². The van der Waals surface area contributed by atoms with Gasteiger partial charge < -0.3 is 19.8 Å². The van der Waals surface area contributed by atoms with E-state index in [1.807, 2.05) is 20.8 Å². The van der Waals surface area contributed by atoms with Crippen molar-refractivity contribution < 1.29 is 28.9 Å². The minimum Gasteiger partial charge on any atom is -0.449 e. The average molecular weight is 436 g/mol. The SMILES string of the molecule is CC1CCC(C(=O)N(c2cc(-c3cccc(F)c3)sc2OC(=O)O)C(C)C)C(O)C1. The second-order valence-corrected chi connectivity index (χ2v) is 9.07. The smallest absolute Gasteiger partial charge is 0.449 e. The van der Waals surface area contributed by atoms with E-state index in [4.69, 9.17) is 4.74 Å². The van der Waals surface area contributed by atoms with Gasteiger partial charge in [-0.25, -0.2) is 9.18 Å². The summed E-state index contributed by atoms with van der Waals surface area (Å²) in [7, 11) is 0. The molecule has 1 aromatic carbocycles. The molecule has 6 nitrogen and oxygen atoms in total. The highest BCUT2D eigenvalue weighted by atomic mass is 32.1. The molecule has 162 valence electrons. The van der Waals surface area contributed by atoms with Gasteiger partial charge in [0.15, 0.2) is 0 Å². The molecule has 3 atom stereocenters. The van der Waals surface area contributed by atoms with Gasteiger partial charge in [0, 0.05) is 10.9 Å². The van der Waals surface area contributed by atoms with E-state index in [9.17, 15) is 24.2 Å². The summed E-state index contributed by atoms with van der Waals surface area (Å²) in [5, 5.41) is 19.7. The predicted molar refractivity (Wildman–Crippen MR) is 113 cm³/mol. The standard InChI is InChI=1S/C22H26FNO5S/c1-12(2)24(20(26)16-8-7-13(3)9-18(16)25)17-11-19(30-21(17)29-22(27)28)14-5-4-6-15(23)10-14/h4-6,10-13,16,18,25H,7-9H2,1-3H3,(H,27,28). The van der Waals surface area contributed by atoms with Crippen molar-refractivity contribution in [1.82, 2.24) is 0 Å². The molecule has 3 unspecified atom stereocenters. The average Bonchev–Trinajstić information content (AvgIpc) is 3.04. The fraction of sp³-hybridized carbons (Fsp3) is 0.455. The number of amides is 1. The number of aliphatic hydroxyl groups is 1. The number of nitrogens with zero attached hydrogens (tertiary/aromatic N) is 1. The third kappa shape index (κ3) is 4.82. The van der Waals surface area contributed by atoms with Gasteiger partial charge in [0.1, 0.15) is 5.82 Å². The summed E-state index contributed by atoms with van der Waals surface area (Å²) in [6.07, 6.45) is -0.269. The number of carbonyl (C=O) groups is 2. The zero-order chi connectivity index (χ0) is 22.0. The number of carbonyl (C=O) groups excluding carboxylic acids is 1. The van der Waals surface area contributed by atoms with Gasteiger partial charge in [0.2, 0.25) is 11.0 Å².